The first kappa shape index (κ1) is 21.9. The predicted molar refractivity (Wildman–Crippen MR) is 116 cm³/mol. The first-order valence-electron chi connectivity index (χ1n) is 9.33. The molecule has 3 rings (SSSR count). The van der Waals surface area contributed by atoms with Crippen molar-refractivity contribution in [3.05, 3.63) is 77.4 Å². The summed E-state index contributed by atoms with van der Waals surface area (Å²) in [6.07, 6.45) is 3.46. The van der Waals surface area contributed by atoms with Crippen LogP contribution in [0.15, 0.2) is 70.5 Å². The van der Waals surface area contributed by atoms with Crippen molar-refractivity contribution in [3.8, 4) is 5.75 Å². The maximum atomic E-state index is 12.4. The summed E-state index contributed by atoms with van der Waals surface area (Å²) in [6, 6.07) is 13.1. The first-order valence-corrected chi connectivity index (χ1v) is 11.7. The molecular weight excluding hydrogens is 422 g/mol. The van der Waals surface area contributed by atoms with Crippen LogP contribution in [0.1, 0.15) is 31.0 Å². The van der Waals surface area contributed by atoms with Crippen LogP contribution in [-0.4, -0.2) is 25.4 Å². The van der Waals surface area contributed by atoms with Gasteiger partial charge in [0.15, 0.2) is 0 Å². The van der Waals surface area contributed by atoms with Gasteiger partial charge in [-0.2, -0.15) is 4.72 Å². The van der Waals surface area contributed by atoms with Crippen LogP contribution in [-0.2, 0) is 21.4 Å². The molecule has 1 amide bonds. The summed E-state index contributed by atoms with van der Waals surface area (Å²) >= 11 is 1.10. The van der Waals surface area contributed by atoms with Crippen LogP contribution >= 0.6 is 11.3 Å². The molecule has 0 aliphatic carbocycles. The van der Waals surface area contributed by atoms with E-state index in [-0.39, 0.29) is 10.3 Å². The van der Waals surface area contributed by atoms with Crippen LogP contribution in [0.5, 0.6) is 5.75 Å². The third-order valence-electron chi connectivity index (χ3n) is 4.35. The van der Waals surface area contributed by atoms with E-state index in [9.17, 15) is 13.2 Å². The summed E-state index contributed by atoms with van der Waals surface area (Å²) in [4.78, 5) is 16.5. The molecule has 0 bridgehead atoms. The first-order chi connectivity index (χ1) is 14.3. The van der Waals surface area contributed by atoms with Crippen molar-refractivity contribution < 1.29 is 17.9 Å². The zero-order chi connectivity index (χ0) is 21.6. The number of nitrogens with zero attached hydrogens (tertiary/aromatic N) is 1. The summed E-state index contributed by atoms with van der Waals surface area (Å²) in [6.45, 7) is 3.77. The SMILES string of the molecule is CC(NS(=O)(=O)c1cccs1)C(=O)NC(C)c1ccc(OCc2cccnc2)cc1. The molecule has 7 nitrogen and oxygen atoms in total. The van der Waals surface area contributed by atoms with Gasteiger partial charge in [-0.05, 0) is 49.1 Å². The van der Waals surface area contributed by atoms with Crippen molar-refractivity contribution in [1.82, 2.24) is 15.0 Å². The van der Waals surface area contributed by atoms with Gasteiger partial charge in [0.25, 0.3) is 10.0 Å². The monoisotopic (exact) mass is 445 g/mol. The Morgan fingerprint density at radius 1 is 1.13 bits per heavy atom. The maximum Gasteiger partial charge on any atom is 0.250 e. The number of rotatable bonds is 9. The van der Waals surface area contributed by atoms with Crippen LogP contribution in [0.25, 0.3) is 0 Å². The van der Waals surface area contributed by atoms with E-state index in [2.05, 4.69) is 15.0 Å². The van der Waals surface area contributed by atoms with Gasteiger partial charge in [-0.3, -0.25) is 9.78 Å². The number of hydrogen-bond donors (Lipinski definition) is 2. The number of benzene rings is 1. The van der Waals surface area contributed by atoms with Crippen LogP contribution in [0.3, 0.4) is 0 Å². The number of aromatic nitrogens is 1. The van der Waals surface area contributed by atoms with Gasteiger partial charge in [-0.15, -0.1) is 11.3 Å². The lowest BCUT2D eigenvalue weighted by Gasteiger charge is -2.19. The van der Waals surface area contributed by atoms with Crippen LogP contribution in [0, 0.1) is 0 Å². The van der Waals surface area contributed by atoms with Crippen LogP contribution in [0.4, 0.5) is 0 Å². The van der Waals surface area contributed by atoms with Crippen molar-refractivity contribution in [2.24, 2.45) is 0 Å². The molecule has 0 radical (unpaired) electrons. The van der Waals surface area contributed by atoms with Gasteiger partial charge in [-0.1, -0.05) is 24.3 Å². The molecule has 2 aromatic heterocycles. The zero-order valence-corrected chi connectivity index (χ0v) is 18.2. The van der Waals surface area contributed by atoms with E-state index in [1.165, 1.54) is 13.0 Å². The molecule has 2 heterocycles. The average Bonchev–Trinajstić information content (AvgIpc) is 3.29. The van der Waals surface area contributed by atoms with E-state index in [4.69, 9.17) is 4.74 Å². The lowest BCUT2D eigenvalue weighted by atomic mass is 10.1. The Kier molecular flexibility index (Phi) is 7.20. The van der Waals surface area contributed by atoms with Crippen molar-refractivity contribution in [2.75, 3.05) is 0 Å². The molecule has 0 saturated carbocycles. The van der Waals surface area contributed by atoms with Crippen molar-refractivity contribution in [2.45, 2.75) is 36.7 Å². The molecule has 2 unspecified atom stereocenters. The van der Waals surface area contributed by atoms with E-state index in [0.29, 0.717) is 12.4 Å². The standard InChI is InChI=1S/C21H23N3O4S2/c1-15(23-21(25)16(2)24-30(26,27)20-6-4-12-29-20)18-7-9-19(10-8-18)28-14-17-5-3-11-22-13-17/h3-13,15-16,24H,14H2,1-2H3,(H,23,25). The van der Waals surface area contributed by atoms with E-state index in [1.807, 2.05) is 43.3 Å². The molecule has 158 valence electrons. The van der Waals surface area contributed by atoms with Gasteiger partial charge in [0.2, 0.25) is 5.91 Å². The highest BCUT2D eigenvalue weighted by Crippen LogP contribution is 2.19. The predicted octanol–water partition coefficient (Wildman–Crippen LogP) is 3.27. The Morgan fingerprint density at radius 2 is 1.90 bits per heavy atom. The molecule has 0 spiro atoms. The molecule has 0 aliphatic rings. The van der Waals surface area contributed by atoms with Crippen molar-refractivity contribution in [1.29, 1.82) is 0 Å². The Labute approximate surface area is 180 Å². The van der Waals surface area contributed by atoms with Crippen LogP contribution < -0.4 is 14.8 Å². The fourth-order valence-corrected chi connectivity index (χ4v) is 4.90. The molecule has 0 fully saturated rings. The molecule has 30 heavy (non-hydrogen) atoms. The number of hydrogen-bond acceptors (Lipinski definition) is 6. The van der Waals surface area contributed by atoms with Gasteiger partial charge in [0.1, 0.15) is 16.6 Å². The fourth-order valence-electron chi connectivity index (χ4n) is 2.69. The smallest absolute Gasteiger partial charge is 0.250 e. The lowest BCUT2D eigenvalue weighted by Crippen LogP contribution is -2.45. The second kappa shape index (κ2) is 9.84. The Hall–Kier alpha value is -2.75. The largest absolute Gasteiger partial charge is 0.489 e. The number of nitrogens with one attached hydrogen (secondary N) is 2. The number of amides is 1. The third-order valence-corrected chi connectivity index (χ3v) is 7.29. The molecule has 0 aliphatic heterocycles. The molecule has 2 N–H and O–H groups in total. The molecule has 9 heteroatoms. The Balaban J connectivity index is 1.53. The summed E-state index contributed by atoms with van der Waals surface area (Å²) in [7, 11) is -3.71. The lowest BCUT2D eigenvalue weighted by molar-refractivity contribution is -0.123. The highest BCUT2D eigenvalue weighted by atomic mass is 32.2. The topological polar surface area (TPSA) is 97.4 Å². The third kappa shape index (κ3) is 5.88. The van der Waals surface area contributed by atoms with Gasteiger partial charge in [0.05, 0.1) is 12.1 Å². The molecule has 0 saturated heterocycles. The average molecular weight is 446 g/mol. The Bertz CT molecular complexity index is 1050. The van der Waals surface area contributed by atoms with Gasteiger partial charge in [0, 0.05) is 18.0 Å². The van der Waals surface area contributed by atoms with E-state index < -0.39 is 22.0 Å². The molecular formula is C21H23N3O4S2. The Morgan fingerprint density at radius 3 is 2.53 bits per heavy atom. The molecule has 1 aromatic carbocycles. The minimum atomic E-state index is -3.71. The molecule has 2 atom stereocenters. The number of carbonyl (C=O) groups is 1. The van der Waals surface area contributed by atoms with E-state index in [0.717, 1.165) is 22.5 Å². The number of ether oxygens (including phenoxy) is 1. The fraction of sp³-hybridized carbons (Fsp3) is 0.238. The van der Waals surface area contributed by atoms with E-state index >= 15 is 0 Å². The number of carbonyl (C=O) groups excluding carboxylic acids is 1. The van der Waals surface area contributed by atoms with Crippen molar-refractivity contribution in [3.63, 3.8) is 0 Å². The minimum absolute atomic E-state index is 0.178. The quantitative estimate of drug-likeness (QED) is 0.527. The summed E-state index contributed by atoms with van der Waals surface area (Å²) < 4.78 is 32.8. The van der Waals surface area contributed by atoms with E-state index in [1.54, 1.807) is 23.8 Å². The number of thiophene rings is 1. The summed E-state index contributed by atoms with van der Waals surface area (Å²) in [5, 5.41) is 4.50. The minimum Gasteiger partial charge on any atom is -0.489 e. The number of sulfonamides is 1. The highest BCUT2D eigenvalue weighted by Gasteiger charge is 2.23. The van der Waals surface area contributed by atoms with Crippen molar-refractivity contribution >= 4 is 27.3 Å². The zero-order valence-electron chi connectivity index (χ0n) is 16.6. The normalized spacial score (nSPS) is 13.4. The summed E-state index contributed by atoms with van der Waals surface area (Å²) in [5.41, 5.74) is 1.85. The number of pyridine rings is 1. The summed E-state index contributed by atoms with van der Waals surface area (Å²) in [5.74, 6) is 0.303. The van der Waals surface area contributed by atoms with Gasteiger partial charge < -0.3 is 10.1 Å². The second-order valence-electron chi connectivity index (χ2n) is 6.72. The second-order valence-corrected chi connectivity index (χ2v) is 9.61. The maximum absolute atomic E-state index is 12.4. The van der Waals surface area contributed by atoms with Crippen LogP contribution in [0.2, 0.25) is 0 Å². The highest BCUT2D eigenvalue weighted by molar-refractivity contribution is 7.91. The van der Waals surface area contributed by atoms with Gasteiger partial charge in [-0.25, -0.2) is 8.42 Å². The molecule has 3 aromatic rings. The van der Waals surface area contributed by atoms with Gasteiger partial charge >= 0.3 is 0 Å².